The molecule has 8 nitrogen and oxygen atoms in total. The Balaban J connectivity index is 1.91. The van der Waals surface area contributed by atoms with Gasteiger partial charge in [-0.2, -0.15) is 5.53 Å². The average Bonchev–Trinajstić information content (AvgIpc) is 2.78. The number of methoxy groups -OCH3 is 1. The third-order valence-electron chi connectivity index (χ3n) is 2.99. The van der Waals surface area contributed by atoms with Crippen molar-refractivity contribution in [2.45, 2.75) is 25.4 Å². The van der Waals surface area contributed by atoms with Gasteiger partial charge in [0, 0.05) is 32.2 Å². The van der Waals surface area contributed by atoms with E-state index in [4.69, 9.17) is 4.74 Å². The summed E-state index contributed by atoms with van der Waals surface area (Å²) in [5, 5.41) is 7.09. The molecular weight excluding hydrogens is 250 g/mol. The molecule has 4 N–H and O–H groups in total. The fourth-order valence-corrected chi connectivity index (χ4v) is 2.10. The number of rotatable bonds is 5. The lowest BCUT2D eigenvalue weighted by molar-refractivity contribution is -0.131. The molecule has 0 aromatic heterocycles. The Morgan fingerprint density at radius 1 is 1.58 bits per heavy atom. The lowest BCUT2D eigenvalue weighted by Crippen LogP contribution is -2.55. The molecule has 2 aliphatic heterocycles. The molecule has 0 radical (unpaired) electrons. The first-order chi connectivity index (χ1) is 9.13. The van der Waals surface area contributed by atoms with Gasteiger partial charge < -0.3 is 15.4 Å². The lowest BCUT2D eigenvalue weighted by Gasteiger charge is -2.28. The molecule has 0 aliphatic carbocycles. The van der Waals surface area contributed by atoms with E-state index in [2.05, 4.69) is 21.6 Å². The van der Waals surface area contributed by atoms with E-state index in [9.17, 15) is 9.59 Å². The van der Waals surface area contributed by atoms with Gasteiger partial charge in [0.2, 0.25) is 5.91 Å². The lowest BCUT2D eigenvalue weighted by atomic mass is 10.1. The highest BCUT2D eigenvalue weighted by Gasteiger charge is 2.44. The number of hydrazine groups is 2. The van der Waals surface area contributed by atoms with Gasteiger partial charge in [-0.05, 0) is 13.3 Å². The van der Waals surface area contributed by atoms with Crippen LogP contribution >= 0.6 is 0 Å². The summed E-state index contributed by atoms with van der Waals surface area (Å²) in [4.78, 5) is 23.9. The van der Waals surface area contributed by atoms with Gasteiger partial charge in [-0.1, -0.05) is 0 Å². The van der Waals surface area contributed by atoms with Gasteiger partial charge in [0.05, 0.1) is 0 Å². The molecule has 0 bridgehead atoms. The third kappa shape index (κ3) is 3.03. The van der Waals surface area contributed by atoms with Crippen molar-refractivity contribution < 1.29 is 14.3 Å². The van der Waals surface area contributed by atoms with E-state index in [1.807, 2.05) is 0 Å². The second-order valence-electron chi connectivity index (χ2n) is 4.52. The van der Waals surface area contributed by atoms with E-state index in [1.165, 1.54) is 0 Å². The number of fused-ring (bicyclic) bond motifs is 1. The molecule has 2 atom stereocenters. The molecule has 106 valence electrons. The summed E-state index contributed by atoms with van der Waals surface area (Å²) < 4.78 is 4.90. The quantitative estimate of drug-likeness (QED) is 0.440. The Labute approximate surface area is 111 Å². The van der Waals surface area contributed by atoms with E-state index in [-0.39, 0.29) is 11.8 Å². The SMILES string of the molecule is COCCCNC(=O)C1NNN2C=C(C)NC(=O)C12. The first kappa shape index (κ1) is 13.8. The van der Waals surface area contributed by atoms with Crippen molar-refractivity contribution in [3.05, 3.63) is 11.9 Å². The number of nitrogens with one attached hydrogen (secondary N) is 4. The van der Waals surface area contributed by atoms with Gasteiger partial charge in [0.1, 0.15) is 6.04 Å². The summed E-state index contributed by atoms with van der Waals surface area (Å²) in [7, 11) is 1.61. The van der Waals surface area contributed by atoms with Crippen molar-refractivity contribution in [1.82, 2.24) is 26.6 Å². The molecule has 2 amide bonds. The van der Waals surface area contributed by atoms with Crippen molar-refractivity contribution in [3.63, 3.8) is 0 Å². The highest BCUT2D eigenvalue weighted by atomic mass is 16.5. The number of ether oxygens (including phenoxy) is 1. The number of allylic oxidation sites excluding steroid dienone is 1. The Kier molecular flexibility index (Phi) is 4.35. The average molecular weight is 269 g/mol. The van der Waals surface area contributed by atoms with Gasteiger partial charge in [-0.3, -0.25) is 14.6 Å². The van der Waals surface area contributed by atoms with Crippen molar-refractivity contribution >= 4 is 11.8 Å². The van der Waals surface area contributed by atoms with Crippen LogP contribution in [0.5, 0.6) is 0 Å². The molecule has 2 rings (SSSR count). The summed E-state index contributed by atoms with van der Waals surface area (Å²) in [6, 6.07) is -1.20. The molecule has 0 saturated carbocycles. The van der Waals surface area contributed by atoms with Crippen molar-refractivity contribution in [3.8, 4) is 0 Å². The van der Waals surface area contributed by atoms with Crippen molar-refractivity contribution in [2.24, 2.45) is 0 Å². The van der Waals surface area contributed by atoms with Gasteiger partial charge in [0.25, 0.3) is 5.91 Å². The molecule has 0 aromatic rings. The van der Waals surface area contributed by atoms with E-state index in [0.717, 1.165) is 12.1 Å². The minimum absolute atomic E-state index is 0.199. The maximum Gasteiger partial charge on any atom is 0.250 e. The van der Waals surface area contributed by atoms with Crippen LogP contribution < -0.4 is 21.6 Å². The molecular formula is C11H19N5O3. The summed E-state index contributed by atoms with van der Waals surface area (Å²) in [6.45, 7) is 2.90. The Bertz CT molecular complexity index is 398. The van der Waals surface area contributed by atoms with E-state index < -0.39 is 12.1 Å². The number of amides is 2. The first-order valence-corrected chi connectivity index (χ1v) is 6.19. The predicted octanol–water partition coefficient (Wildman–Crippen LogP) is -1.81. The Morgan fingerprint density at radius 2 is 2.37 bits per heavy atom. The highest BCUT2D eigenvalue weighted by molar-refractivity contribution is 5.94. The fourth-order valence-electron chi connectivity index (χ4n) is 2.10. The van der Waals surface area contributed by atoms with Crippen LogP contribution in [-0.4, -0.2) is 49.2 Å². The molecule has 0 aromatic carbocycles. The zero-order valence-corrected chi connectivity index (χ0v) is 11.0. The third-order valence-corrected chi connectivity index (χ3v) is 2.99. The van der Waals surface area contributed by atoms with Crippen LogP contribution in [0.25, 0.3) is 0 Å². The molecule has 1 fully saturated rings. The van der Waals surface area contributed by atoms with Gasteiger partial charge in [-0.15, -0.1) is 0 Å². The summed E-state index contributed by atoms with van der Waals surface area (Å²) in [5.41, 5.74) is 6.36. The standard InChI is InChI=1S/C11H19N5O3/c1-7-6-16-9(11(18)13-7)8(14-15-16)10(17)12-4-3-5-19-2/h6,8-9,14-15H,3-5H2,1-2H3,(H,12,17)(H,13,18). The van der Waals surface area contributed by atoms with Gasteiger partial charge in [0.15, 0.2) is 6.04 Å². The van der Waals surface area contributed by atoms with Gasteiger partial charge >= 0.3 is 0 Å². The number of hydrogen-bond donors (Lipinski definition) is 4. The number of carbonyl (C=O) groups is 2. The van der Waals surface area contributed by atoms with Crippen molar-refractivity contribution in [2.75, 3.05) is 20.3 Å². The van der Waals surface area contributed by atoms with E-state index in [0.29, 0.717) is 13.2 Å². The number of carbonyl (C=O) groups excluding carboxylic acids is 2. The van der Waals surface area contributed by atoms with Gasteiger partial charge in [-0.25, -0.2) is 5.43 Å². The molecule has 1 saturated heterocycles. The second-order valence-corrected chi connectivity index (χ2v) is 4.52. The van der Waals surface area contributed by atoms with Crippen LogP contribution in [0.15, 0.2) is 11.9 Å². The predicted molar refractivity (Wildman–Crippen MR) is 67.1 cm³/mol. The molecule has 8 heteroatoms. The van der Waals surface area contributed by atoms with Crippen molar-refractivity contribution in [1.29, 1.82) is 0 Å². The smallest absolute Gasteiger partial charge is 0.250 e. The molecule has 2 aliphatic rings. The van der Waals surface area contributed by atoms with E-state index in [1.54, 1.807) is 25.2 Å². The summed E-state index contributed by atoms with van der Waals surface area (Å²) in [5.74, 6) is -0.409. The summed E-state index contributed by atoms with van der Waals surface area (Å²) >= 11 is 0. The maximum absolute atomic E-state index is 12.0. The second kappa shape index (κ2) is 6.00. The zero-order valence-electron chi connectivity index (χ0n) is 11.0. The maximum atomic E-state index is 12.0. The normalized spacial score (nSPS) is 25.7. The Hall–Kier alpha value is -1.64. The van der Waals surface area contributed by atoms with Crippen LogP contribution in [0, 0.1) is 0 Å². The molecule has 19 heavy (non-hydrogen) atoms. The van der Waals surface area contributed by atoms with Crippen LogP contribution in [0.3, 0.4) is 0 Å². The molecule has 2 unspecified atom stereocenters. The Morgan fingerprint density at radius 3 is 3.11 bits per heavy atom. The topological polar surface area (TPSA) is 94.7 Å². The fraction of sp³-hybridized carbons (Fsp3) is 0.636. The highest BCUT2D eigenvalue weighted by Crippen LogP contribution is 2.15. The monoisotopic (exact) mass is 269 g/mol. The van der Waals surface area contributed by atoms with E-state index >= 15 is 0 Å². The minimum atomic E-state index is -0.619. The number of nitrogens with zero attached hydrogens (tertiary/aromatic N) is 1. The van der Waals surface area contributed by atoms with Crippen LogP contribution in [0.2, 0.25) is 0 Å². The summed E-state index contributed by atoms with van der Waals surface area (Å²) in [6.07, 6.45) is 2.49. The zero-order chi connectivity index (χ0) is 13.8. The van der Waals surface area contributed by atoms with Crippen LogP contribution in [-0.2, 0) is 14.3 Å². The van der Waals surface area contributed by atoms with Crippen LogP contribution in [0.1, 0.15) is 13.3 Å². The molecule has 0 spiro atoms. The first-order valence-electron chi connectivity index (χ1n) is 6.19. The minimum Gasteiger partial charge on any atom is -0.385 e. The van der Waals surface area contributed by atoms with Crippen LogP contribution in [0.4, 0.5) is 0 Å². The molecule has 2 heterocycles. The largest absolute Gasteiger partial charge is 0.385 e. The number of hydrogen-bond acceptors (Lipinski definition) is 6.